The summed E-state index contributed by atoms with van der Waals surface area (Å²) in [7, 11) is 0. The molecule has 1 aromatic carbocycles. The third kappa shape index (κ3) is 9.84. The number of benzene rings is 1. The van der Waals surface area contributed by atoms with Gasteiger partial charge in [-0.05, 0) is 74.3 Å². The second kappa shape index (κ2) is 15.0. The first-order valence-electron chi connectivity index (χ1n) is 14.2. The van der Waals surface area contributed by atoms with Gasteiger partial charge in [0.05, 0.1) is 23.0 Å². The lowest BCUT2D eigenvalue weighted by atomic mass is 10.00. The number of aliphatic hydroxyl groups is 1. The molecule has 11 nitrogen and oxygen atoms in total. The Labute approximate surface area is 270 Å². The zero-order valence-corrected chi connectivity index (χ0v) is 26.5. The van der Waals surface area contributed by atoms with Crippen molar-refractivity contribution in [3.05, 3.63) is 69.6 Å². The number of guanidine groups is 1. The minimum Gasteiger partial charge on any atom is -0.506 e. The summed E-state index contributed by atoms with van der Waals surface area (Å²) >= 11 is 5.72. The van der Waals surface area contributed by atoms with Crippen LogP contribution in [0.5, 0.6) is 0 Å². The number of urea groups is 1. The van der Waals surface area contributed by atoms with Crippen LogP contribution in [-0.2, 0) is 20.7 Å². The quantitative estimate of drug-likeness (QED) is 0.0604. The molecule has 0 spiro atoms. The van der Waals surface area contributed by atoms with Crippen LogP contribution in [-0.4, -0.2) is 64.5 Å². The normalized spacial score (nSPS) is 20.2. The molecule has 0 aromatic heterocycles. The highest BCUT2D eigenvalue weighted by atomic mass is 35.5. The Morgan fingerprint density at radius 1 is 1.28 bits per heavy atom. The Balaban J connectivity index is 1.80. The van der Waals surface area contributed by atoms with Crippen LogP contribution in [0.4, 0.5) is 13.6 Å². The maximum atomic E-state index is 13.8. The molecule has 3 rings (SSSR count). The zero-order chi connectivity index (χ0) is 34.3. The van der Waals surface area contributed by atoms with E-state index >= 15 is 0 Å². The number of aliphatic imine (C=N–C) groups is 1. The summed E-state index contributed by atoms with van der Waals surface area (Å²) in [6.45, 7) is 6.87. The maximum absolute atomic E-state index is 13.8. The Morgan fingerprint density at radius 2 is 1.98 bits per heavy atom. The molecule has 3 atom stereocenters. The molecule has 1 aromatic rings. The molecule has 1 saturated carbocycles. The topological polar surface area (TPSA) is 168 Å². The van der Waals surface area contributed by atoms with Gasteiger partial charge in [-0.1, -0.05) is 30.5 Å². The third-order valence-electron chi connectivity index (χ3n) is 7.16. The van der Waals surface area contributed by atoms with Crippen LogP contribution >= 0.6 is 11.6 Å². The van der Waals surface area contributed by atoms with Gasteiger partial charge in [-0.2, -0.15) is 4.99 Å². The van der Waals surface area contributed by atoms with Crippen LogP contribution in [0.1, 0.15) is 39.7 Å². The smallest absolute Gasteiger partial charge is 0.347 e. The highest BCUT2D eigenvalue weighted by molar-refractivity contribution is 6.30. The number of terminal acetylenes is 1. The minimum atomic E-state index is -1.21. The predicted octanol–water partition coefficient (Wildman–Crippen LogP) is 4.83. The molecule has 0 aliphatic heterocycles. The van der Waals surface area contributed by atoms with E-state index in [1.165, 1.54) is 18.2 Å². The van der Waals surface area contributed by atoms with Crippen LogP contribution < -0.4 is 10.6 Å². The monoisotopic (exact) mass is 656 g/mol. The van der Waals surface area contributed by atoms with E-state index in [9.17, 15) is 28.3 Å². The summed E-state index contributed by atoms with van der Waals surface area (Å²) < 4.78 is 32.8. The van der Waals surface area contributed by atoms with Crippen LogP contribution in [0.25, 0.3) is 0 Å². The maximum Gasteiger partial charge on any atom is 0.347 e. The van der Waals surface area contributed by atoms with E-state index in [-0.39, 0.29) is 84.5 Å². The Kier molecular flexibility index (Phi) is 11.6. The number of halogens is 3. The molecule has 2 aliphatic rings. The summed E-state index contributed by atoms with van der Waals surface area (Å²) in [5, 5.41) is 31.2. The van der Waals surface area contributed by atoms with Gasteiger partial charge in [0.1, 0.15) is 17.1 Å². The van der Waals surface area contributed by atoms with Gasteiger partial charge >= 0.3 is 12.0 Å². The number of amides is 3. The lowest BCUT2D eigenvalue weighted by molar-refractivity contribution is -0.155. The molecule has 46 heavy (non-hydrogen) atoms. The van der Waals surface area contributed by atoms with E-state index in [1.807, 2.05) is 13.0 Å². The van der Waals surface area contributed by atoms with E-state index in [4.69, 9.17) is 33.6 Å². The molecule has 2 aliphatic carbocycles. The standard InChI is InChI=1S/C32H35ClF2N6O5/c1-6-20(36)15-41(8-7-18-9-23(33)29(35)24(34)10-18)31(45)40-30(38-16-42)39-26-12-19(25(37)14-27(26)43)11-21-17(2)22(21)13-28(44)46-32(3,4)5/h1,9-12,14,16-17,21-22,36-37,43H,7-8,13,15H2,2-5H3,(H2,38,39,40,42,45)/b19-11-,36-20?,37-25?. The number of esters is 1. The van der Waals surface area contributed by atoms with E-state index in [0.717, 1.165) is 11.0 Å². The highest BCUT2D eigenvalue weighted by Gasteiger charge is 2.47. The Bertz CT molecular complexity index is 1580. The first-order valence-corrected chi connectivity index (χ1v) is 14.6. The van der Waals surface area contributed by atoms with E-state index in [0.29, 0.717) is 5.57 Å². The fraction of sp³-hybridized carbons (Fsp3) is 0.375. The van der Waals surface area contributed by atoms with Crippen LogP contribution in [0.3, 0.4) is 0 Å². The fourth-order valence-electron chi connectivity index (χ4n) is 4.74. The summed E-state index contributed by atoms with van der Waals surface area (Å²) in [5.74, 6) is -1.21. The number of nitrogens with one attached hydrogen (secondary N) is 4. The fourth-order valence-corrected chi connectivity index (χ4v) is 4.97. The molecule has 0 saturated heterocycles. The predicted molar refractivity (Wildman–Crippen MR) is 170 cm³/mol. The van der Waals surface area contributed by atoms with Gasteiger partial charge in [0, 0.05) is 19.0 Å². The number of hydrogen-bond acceptors (Lipinski definition) is 7. The molecule has 3 unspecified atom stereocenters. The van der Waals surface area contributed by atoms with E-state index in [2.05, 4.69) is 21.5 Å². The van der Waals surface area contributed by atoms with Crippen molar-refractivity contribution in [2.24, 2.45) is 22.7 Å². The molecule has 5 N–H and O–H groups in total. The number of rotatable bonds is 10. The second-order valence-electron chi connectivity index (χ2n) is 11.8. The number of aliphatic hydroxyl groups excluding tert-OH is 1. The van der Waals surface area contributed by atoms with Crippen molar-refractivity contribution in [1.82, 2.24) is 15.5 Å². The van der Waals surface area contributed by atoms with E-state index in [1.54, 1.807) is 20.8 Å². The first-order chi connectivity index (χ1) is 21.5. The average Bonchev–Trinajstić information content (AvgIpc) is 3.55. The van der Waals surface area contributed by atoms with Gasteiger partial charge in [0.2, 0.25) is 12.4 Å². The number of nitrogens with zero attached hydrogens (tertiary/aromatic N) is 2. The second-order valence-corrected chi connectivity index (χ2v) is 12.2. The van der Waals surface area contributed by atoms with Gasteiger partial charge in [-0.3, -0.25) is 20.3 Å². The summed E-state index contributed by atoms with van der Waals surface area (Å²) in [6.07, 6.45) is 10.2. The van der Waals surface area contributed by atoms with E-state index < -0.39 is 34.2 Å². The van der Waals surface area contributed by atoms with Crippen molar-refractivity contribution in [3.63, 3.8) is 0 Å². The molecule has 0 bridgehead atoms. The Morgan fingerprint density at radius 3 is 2.59 bits per heavy atom. The lowest BCUT2D eigenvalue weighted by Crippen LogP contribution is -2.41. The van der Waals surface area contributed by atoms with Crippen LogP contribution in [0.15, 0.2) is 52.4 Å². The van der Waals surface area contributed by atoms with Gasteiger partial charge in [0.25, 0.3) is 0 Å². The molecule has 1 fully saturated rings. The minimum absolute atomic E-state index is 0.000637. The van der Waals surface area contributed by atoms with Crippen molar-refractivity contribution in [1.29, 1.82) is 10.8 Å². The van der Waals surface area contributed by atoms with Crippen LogP contribution in [0.2, 0.25) is 5.02 Å². The first kappa shape index (κ1) is 35.6. The van der Waals surface area contributed by atoms with Gasteiger partial charge in [-0.15, -0.1) is 6.42 Å². The molecular formula is C32H35ClF2N6O5. The number of carbonyl (C=O) groups is 3. The molecule has 0 heterocycles. The molecular weight excluding hydrogens is 622 g/mol. The van der Waals surface area contributed by atoms with Gasteiger partial charge < -0.3 is 25.5 Å². The van der Waals surface area contributed by atoms with Crippen LogP contribution in [0, 0.1) is 52.6 Å². The molecule has 0 radical (unpaired) electrons. The SMILES string of the molecule is C#CC(=N)CN(CCc1cc(F)c(F)c(Cl)c1)C(=O)/N=C(\NC=O)NC1=C/C(=C/C2C(C)C2CC(=O)OC(C)(C)C)C(=N)C=C1O. The third-order valence-corrected chi connectivity index (χ3v) is 7.44. The zero-order valence-electron chi connectivity index (χ0n) is 25.7. The largest absolute Gasteiger partial charge is 0.506 e. The summed E-state index contributed by atoms with van der Waals surface area (Å²) in [6, 6.07) is 1.18. The van der Waals surface area contributed by atoms with Crippen molar-refractivity contribution < 1.29 is 33.0 Å². The average molecular weight is 657 g/mol. The molecule has 244 valence electrons. The summed E-state index contributed by atoms with van der Waals surface area (Å²) in [4.78, 5) is 41.8. The number of ether oxygens (including phenoxy) is 1. The number of hydrogen-bond donors (Lipinski definition) is 5. The van der Waals surface area contributed by atoms with Crippen molar-refractivity contribution in [2.75, 3.05) is 13.1 Å². The molecule has 14 heteroatoms. The summed E-state index contributed by atoms with van der Waals surface area (Å²) in [5.41, 5.74) is -0.160. The van der Waals surface area contributed by atoms with Crippen molar-refractivity contribution >= 4 is 47.4 Å². The van der Waals surface area contributed by atoms with Crippen molar-refractivity contribution in [2.45, 2.75) is 46.1 Å². The Hall–Kier alpha value is -4.83. The van der Waals surface area contributed by atoms with Gasteiger partial charge in [0.15, 0.2) is 11.6 Å². The highest BCUT2D eigenvalue weighted by Crippen LogP contribution is 2.50. The number of allylic oxidation sites excluding steroid dienone is 4. The van der Waals surface area contributed by atoms with Gasteiger partial charge in [-0.25, -0.2) is 13.6 Å². The molecule has 3 amide bonds. The lowest BCUT2D eigenvalue weighted by Gasteiger charge is -2.21. The van der Waals surface area contributed by atoms with Crippen molar-refractivity contribution in [3.8, 4) is 12.3 Å². The number of carbonyl (C=O) groups excluding carboxylic acids is 3.